The van der Waals surface area contributed by atoms with Crippen LogP contribution in [0.15, 0.2) is 30.3 Å². The summed E-state index contributed by atoms with van der Waals surface area (Å²) in [5.74, 6) is -7.30. The Morgan fingerprint density at radius 3 is 2.31 bits per heavy atom. The molecule has 1 unspecified atom stereocenters. The Morgan fingerprint density at radius 2 is 1.88 bits per heavy atom. The highest BCUT2D eigenvalue weighted by atomic mass is 19.2. The fourth-order valence-corrected chi connectivity index (χ4v) is 0.955. The number of rotatable bonds is 4. The first-order valence-corrected chi connectivity index (χ1v) is 4.25. The Kier molecular flexibility index (Phi) is 3.44. The van der Waals surface area contributed by atoms with E-state index in [1.54, 1.807) is 6.07 Å². The van der Waals surface area contributed by atoms with Crippen LogP contribution in [0.1, 0.15) is 0 Å². The van der Waals surface area contributed by atoms with Crippen LogP contribution in [0.3, 0.4) is 0 Å². The Hall–Kier alpha value is -2.11. The maximum atomic E-state index is 13.7. The summed E-state index contributed by atoms with van der Waals surface area (Å²) in [6.45, 7) is 0. The molecule has 6 heteroatoms. The number of benzene rings is 1. The number of alkyl halides is 1. The van der Waals surface area contributed by atoms with E-state index in [9.17, 15) is 14.0 Å². The van der Waals surface area contributed by atoms with Gasteiger partial charge in [0.25, 0.3) is 0 Å². The lowest BCUT2D eigenvalue weighted by Gasteiger charge is -2.19. The number of aliphatic carboxylic acids is 1. The monoisotopic (exact) mass is 228 g/mol. The molecule has 0 amide bonds. The average molecular weight is 228 g/mol. The van der Waals surface area contributed by atoms with Crippen LogP contribution in [-0.2, 0) is 14.3 Å². The number of halogens is 1. The number of carbonyl (C=O) groups excluding carboxylic acids is 1. The molecule has 0 bridgehead atoms. The van der Waals surface area contributed by atoms with Crippen molar-refractivity contribution in [3.8, 4) is 5.75 Å². The second kappa shape index (κ2) is 4.61. The van der Waals surface area contributed by atoms with Gasteiger partial charge in [0, 0.05) is 0 Å². The van der Waals surface area contributed by atoms with Crippen molar-refractivity contribution in [2.75, 3.05) is 7.11 Å². The van der Waals surface area contributed by atoms with Crippen molar-refractivity contribution < 1.29 is 28.6 Å². The van der Waals surface area contributed by atoms with Crippen LogP contribution in [0.25, 0.3) is 0 Å². The SMILES string of the molecule is COC(=O)C(F)(Oc1ccccc1)C(=O)O. The Bertz CT molecular complexity index is 391. The van der Waals surface area contributed by atoms with Crippen LogP contribution in [-0.4, -0.2) is 30.0 Å². The summed E-state index contributed by atoms with van der Waals surface area (Å²) in [6, 6.07) is 7.29. The smallest absolute Gasteiger partial charge is 0.444 e. The first-order valence-electron chi connectivity index (χ1n) is 4.25. The van der Waals surface area contributed by atoms with Crippen molar-refractivity contribution in [2.24, 2.45) is 0 Å². The van der Waals surface area contributed by atoms with E-state index < -0.39 is 17.8 Å². The summed E-state index contributed by atoms with van der Waals surface area (Å²) in [5.41, 5.74) is 0. The number of carboxylic acid groups (broad SMARTS) is 1. The van der Waals surface area contributed by atoms with E-state index in [1.165, 1.54) is 24.3 Å². The summed E-state index contributed by atoms with van der Waals surface area (Å²) in [7, 11) is 0.869. The van der Waals surface area contributed by atoms with Gasteiger partial charge in [-0.2, -0.15) is 4.39 Å². The summed E-state index contributed by atoms with van der Waals surface area (Å²) in [4.78, 5) is 21.6. The first kappa shape index (κ1) is 12.0. The second-order valence-corrected chi connectivity index (χ2v) is 2.81. The Labute approximate surface area is 90.4 Å². The lowest BCUT2D eigenvalue weighted by molar-refractivity contribution is -0.193. The molecule has 1 N–H and O–H groups in total. The highest BCUT2D eigenvalue weighted by Gasteiger charge is 2.51. The summed E-state index contributed by atoms with van der Waals surface area (Å²) in [5, 5.41) is 8.59. The minimum absolute atomic E-state index is 0.0854. The van der Waals surface area contributed by atoms with Crippen molar-refractivity contribution in [3.63, 3.8) is 0 Å². The molecule has 1 aromatic carbocycles. The quantitative estimate of drug-likeness (QED) is 0.614. The maximum absolute atomic E-state index is 13.7. The molecule has 16 heavy (non-hydrogen) atoms. The number of carbonyl (C=O) groups is 2. The van der Waals surface area contributed by atoms with Gasteiger partial charge >= 0.3 is 17.8 Å². The Balaban J connectivity index is 2.97. The summed E-state index contributed by atoms with van der Waals surface area (Å²) >= 11 is 0. The minimum Gasteiger partial charge on any atom is -0.476 e. The molecule has 86 valence electrons. The van der Waals surface area contributed by atoms with Crippen molar-refractivity contribution in [2.45, 2.75) is 5.85 Å². The van der Waals surface area contributed by atoms with E-state index in [1.807, 2.05) is 0 Å². The first-order chi connectivity index (χ1) is 7.50. The van der Waals surface area contributed by atoms with Gasteiger partial charge in [-0.25, -0.2) is 9.59 Å². The molecule has 0 heterocycles. The van der Waals surface area contributed by atoms with Gasteiger partial charge in [-0.1, -0.05) is 18.2 Å². The molecule has 0 aliphatic carbocycles. The number of para-hydroxylation sites is 1. The van der Waals surface area contributed by atoms with Crippen LogP contribution in [0.5, 0.6) is 5.75 Å². The molecule has 0 aliphatic rings. The zero-order valence-electron chi connectivity index (χ0n) is 8.34. The molecule has 5 nitrogen and oxygen atoms in total. The zero-order chi connectivity index (χ0) is 12.2. The summed E-state index contributed by atoms with van der Waals surface area (Å²) < 4.78 is 22.2. The molecule has 0 radical (unpaired) electrons. The fourth-order valence-electron chi connectivity index (χ4n) is 0.955. The molecule has 0 saturated heterocycles. The molecule has 1 atom stereocenters. The average Bonchev–Trinajstić information content (AvgIpc) is 2.28. The predicted octanol–water partition coefficient (Wildman–Crippen LogP) is 0.989. The van der Waals surface area contributed by atoms with Crippen LogP contribution >= 0.6 is 0 Å². The van der Waals surface area contributed by atoms with Gasteiger partial charge in [-0.05, 0) is 12.1 Å². The van der Waals surface area contributed by atoms with Crippen molar-refractivity contribution in [3.05, 3.63) is 30.3 Å². The molecule has 0 saturated carbocycles. The number of hydrogen-bond acceptors (Lipinski definition) is 4. The van der Waals surface area contributed by atoms with E-state index in [4.69, 9.17) is 5.11 Å². The maximum Gasteiger partial charge on any atom is 0.444 e. The number of methoxy groups -OCH3 is 1. The zero-order valence-corrected chi connectivity index (χ0v) is 8.34. The van der Waals surface area contributed by atoms with Gasteiger partial charge in [-0.15, -0.1) is 0 Å². The molecular weight excluding hydrogens is 219 g/mol. The number of carboxylic acids is 1. The molecule has 0 fully saturated rings. The van der Waals surface area contributed by atoms with Gasteiger partial charge in [0.15, 0.2) is 0 Å². The third-order valence-electron chi connectivity index (χ3n) is 1.72. The van der Waals surface area contributed by atoms with Gasteiger partial charge in [0.2, 0.25) is 0 Å². The topological polar surface area (TPSA) is 72.8 Å². The minimum atomic E-state index is -3.53. The molecule has 1 rings (SSSR count). The van der Waals surface area contributed by atoms with Crippen LogP contribution in [0.2, 0.25) is 0 Å². The predicted molar refractivity (Wildman–Crippen MR) is 50.6 cm³/mol. The number of hydrogen-bond donors (Lipinski definition) is 1. The molecular formula is C10H9FO5. The van der Waals surface area contributed by atoms with Gasteiger partial charge in [0.05, 0.1) is 7.11 Å². The van der Waals surface area contributed by atoms with Crippen molar-refractivity contribution >= 4 is 11.9 Å². The normalized spacial score (nSPS) is 13.6. The lowest BCUT2D eigenvalue weighted by atomic mass is 10.3. The molecule has 0 aliphatic heterocycles. The van der Waals surface area contributed by atoms with E-state index in [0.29, 0.717) is 0 Å². The molecule has 1 aromatic rings. The van der Waals surface area contributed by atoms with E-state index >= 15 is 0 Å². The van der Waals surface area contributed by atoms with Crippen LogP contribution in [0, 0.1) is 0 Å². The standard InChI is InChI=1S/C10H9FO5/c1-15-9(14)10(11,8(12)13)16-7-5-3-2-4-6-7/h2-6H,1H3,(H,12,13). The van der Waals surface area contributed by atoms with Crippen molar-refractivity contribution in [1.82, 2.24) is 0 Å². The van der Waals surface area contributed by atoms with E-state index in [2.05, 4.69) is 9.47 Å². The lowest BCUT2D eigenvalue weighted by Crippen LogP contribution is -2.48. The highest BCUT2D eigenvalue weighted by molar-refractivity contribution is 6.01. The third-order valence-corrected chi connectivity index (χ3v) is 1.72. The number of ether oxygens (including phenoxy) is 2. The molecule has 0 spiro atoms. The number of esters is 1. The highest BCUT2D eigenvalue weighted by Crippen LogP contribution is 2.21. The molecule has 0 aromatic heterocycles. The largest absolute Gasteiger partial charge is 0.476 e. The van der Waals surface area contributed by atoms with Gasteiger partial charge in [-0.3, -0.25) is 0 Å². The van der Waals surface area contributed by atoms with Crippen molar-refractivity contribution in [1.29, 1.82) is 0 Å². The van der Waals surface area contributed by atoms with E-state index in [-0.39, 0.29) is 5.75 Å². The van der Waals surface area contributed by atoms with Gasteiger partial charge in [0.1, 0.15) is 5.75 Å². The summed E-state index contributed by atoms with van der Waals surface area (Å²) in [6.07, 6.45) is 0. The second-order valence-electron chi connectivity index (χ2n) is 2.81. The van der Waals surface area contributed by atoms with Crippen LogP contribution in [0.4, 0.5) is 4.39 Å². The van der Waals surface area contributed by atoms with Gasteiger partial charge < -0.3 is 14.6 Å². The third kappa shape index (κ3) is 2.28. The van der Waals surface area contributed by atoms with E-state index in [0.717, 1.165) is 7.11 Å². The van der Waals surface area contributed by atoms with Crippen LogP contribution < -0.4 is 4.74 Å². The fraction of sp³-hybridized carbons (Fsp3) is 0.200. The Morgan fingerprint density at radius 1 is 1.31 bits per heavy atom.